The zero-order valence-corrected chi connectivity index (χ0v) is 8.40. The van der Waals surface area contributed by atoms with Gasteiger partial charge in [-0.05, 0) is 5.92 Å². The lowest BCUT2D eigenvalue weighted by Gasteiger charge is -1.98. The van der Waals surface area contributed by atoms with Gasteiger partial charge in [-0.25, -0.2) is 9.78 Å². The Bertz CT molecular complexity index is 330. The Balaban J connectivity index is 3.06. The highest BCUT2D eigenvalue weighted by Gasteiger charge is 2.21. The summed E-state index contributed by atoms with van der Waals surface area (Å²) in [4.78, 5) is 14.8. The quantitative estimate of drug-likeness (QED) is 0.798. The molecule has 0 radical (unpaired) electrons. The topological polar surface area (TPSA) is 72.6 Å². The Kier molecular flexibility index (Phi) is 3.24. The molecule has 0 saturated carbocycles. The van der Waals surface area contributed by atoms with E-state index in [1.54, 1.807) is 0 Å². The van der Waals surface area contributed by atoms with Crippen molar-refractivity contribution in [2.75, 3.05) is 7.11 Å². The van der Waals surface area contributed by atoms with E-state index in [1.165, 1.54) is 7.11 Å². The van der Waals surface area contributed by atoms with Crippen molar-refractivity contribution in [1.29, 1.82) is 0 Å². The van der Waals surface area contributed by atoms with Crippen LogP contribution in [0.2, 0.25) is 0 Å². The Labute approximate surface area is 81.7 Å². The van der Waals surface area contributed by atoms with E-state index in [9.17, 15) is 4.79 Å². The molecule has 0 aromatic carbocycles. The molecule has 0 aliphatic heterocycles. The molecule has 0 amide bonds. The maximum absolute atomic E-state index is 10.8. The van der Waals surface area contributed by atoms with Gasteiger partial charge >= 0.3 is 5.97 Å². The summed E-state index contributed by atoms with van der Waals surface area (Å²) >= 11 is 0. The average molecular weight is 199 g/mol. The number of hydrogen-bond donors (Lipinski definition) is 1. The number of methoxy groups -OCH3 is 1. The predicted octanol–water partition coefficient (Wildman–Crippen LogP) is 1.64. The van der Waals surface area contributed by atoms with Gasteiger partial charge in [0, 0.05) is 7.11 Å². The van der Waals surface area contributed by atoms with Crippen LogP contribution in [0, 0.1) is 0 Å². The van der Waals surface area contributed by atoms with Crippen LogP contribution in [-0.4, -0.2) is 23.2 Å². The van der Waals surface area contributed by atoms with Crippen molar-refractivity contribution in [3.63, 3.8) is 0 Å². The van der Waals surface area contributed by atoms with E-state index in [-0.39, 0.29) is 18.3 Å². The van der Waals surface area contributed by atoms with E-state index in [0.717, 1.165) is 0 Å². The molecular weight excluding hydrogens is 186 g/mol. The van der Waals surface area contributed by atoms with E-state index in [0.29, 0.717) is 11.6 Å². The van der Waals surface area contributed by atoms with Gasteiger partial charge < -0.3 is 14.3 Å². The predicted molar refractivity (Wildman–Crippen MR) is 48.3 cm³/mol. The molecule has 1 rings (SSSR count). The first-order valence-electron chi connectivity index (χ1n) is 4.28. The second kappa shape index (κ2) is 4.23. The van der Waals surface area contributed by atoms with E-state index < -0.39 is 5.97 Å². The van der Waals surface area contributed by atoms with Gasteiger partial charge in [0.15, 0.2) is 0 Å². The summed E-state index contributed by atoms with van der Waals surface area (Å²) in [5.74, 6) is -0.861. The minimum Gasteiger partial charge on any atom is -0.475 e. The third-order valence-electron chi connectivity index (χ3n) is 1.71. The average Bonchev–Trinajstić information content (AvgIpc) is 2.49. The molecule has 0 spiro atoms. The van der Waals surface area contributed by atoms with Crippen molar-refractivity contribution in [3.8, 4) is 0 Å². The van der Waals surface area contributed by atoms with Gasteiger partial charge in [0.25, 0.3) is 0 Å². The van der Waals surface area contributed by atoms with E-state index in [2.05, 4.69) is 4.98 Å². The lowest BCUT2D eigenvalue weighted by Crippen LogP contribution is -2.01. The number of nitrogens with zero attached hydrogens (tertiary/aromatic N) is 1. The molecule has 1 N–H and O–H groups in total. The molecule has 0 fully saturated rings. The minimum absolute atomic E-state index is 0.0236. The molecule has 0 unspecified atom stereocenters. The van der Waals surface area contributed by atoms with Crippen LogP contribution in [0.25, 0.3) is 0 Å². The van der Waals surface area contributed by atoms with Gasteiger partial charge in [-0.1, -0.05) is 13.8 Å². The number of carboxylic acid groups (broad SMARTS) is 1. The number of oxazole rings is 1. The summed E-state index contributed by atoms with van der Waals surface area (Å²) in [5, 5.41) is 8.82. The first-order valence-corrected chi connectivity index (χ1v) is 4.28. The monoisotopic (exact) mass is 199 g/mol. The van der Waals surface area contributed by atoms with Crippen LogP contribution in [0.5, 0.6) is 0 Å². The van der Waals surface area contributed by atoms with Crippen molar-refractivity contribution >= 4 is 5.97 Å². The second-order valence-electron chi connectivity index (χ2n) is 3.21. The Hall–Kier alpha value is -1.36. The highest BCUT2D eigenvalue weighted by atomic mass is 16.5. The standard InChI is InChI=1S/C9H13NO4/c1-5(2)7-8(9(11)12)14-6(10-7)4-13-3/h5H,4H2,1-3H3,(H,11,12). The summed E-state index contributed by atoms with van der Waals surface area (Å²) < 4.78 is 9.85. The lowest BCUT2D eigenvalue weighted by molar-refractivity contribution is 0.0652. The fourth-order valence-electron chi connectivity index (χ4n) is 1.11. The molecule has 1 aromatic heterocycles. The van der Waals surface area contributed by atoms with Gasteiger partial charge in [0.2, 0.25) is 11.7 Å². The third-order valence-corrected chi connectivity index (χ3v) is 1.71. The molecule has 0 aliphatic carbocycles. The number of rotatable bonds is 4. The maximum Gasteiger partial charge on any atom is 0.373 e. The van der Waals surface area contributed by atoms with Crippen molar-refractivity contribution in [2.45, 2.75) is 26.4 Å². The van der Waals surface area contributed by atoms with Crippen LogP contribution in [0.3, 0.4) is 0 Å². The van der Waals surface area contributed by atoms with Crippen LogP contribution >= 0.6 is 0 Å². The van der Waals surface area contributed by atoms with Gasteiger partial charge in [-0.2, -0.15) is 0 Å². The van der Waals surface area contributed by atoms with Gasteiger partial charge in [0.05, 0.1) is 5.69 Å². The van der Waals surface area contributed by atoms with E-state index in [1.807, 2.05) is 13.8 Å². The number of aromatic carboxylic acids is 1. The highest BCUT2D eigenvalue weighted by Crippen LogP contribution is 2.20. The smallest absolute Gasteiger partial charge is 0.373 e. The molecule has 5 nitrogen and oxygen atoms in total. The maximum atomic E-state index is 10.8. The number of ether oxygens (including phenoxy) is 1. The summed E-state index contributed by atoms with van der Waals surface area (Å²) in [7, 11) is 1.50. The largest absolute Gasteiger partial charge is 0.475 e. The van der Waals surface area contributed by atoms with Crippen LogP contribution in [0.4, 0.5) is 0 Å². The Morgan fingerprint density at radius 1 is 1.64 bits per heavy atom. The number of carboxylic acids is 1. The van der Waals surface area contributed by atoms with Gasteiger partial charge in [-0.15, -0.1) is 0 Å². The molecule has 0 bridgehead atoms. The highest BCUT2D eigenvalue weighted by molar-refractivity contribution is 5.85. The SMILES string of the molecule is COCc1nc(C(C)C)c(C(=O)O)o1. The molecule has 78 valence electrons. The number of carbonyl (C=O) groups is 1. The molecule has 0 atom stereocenters. The first-order chi connectivity index (χ1) is 6.56. The molecule has 0 saturated heterocycles. The normalized spacial score (nSPS) is 10.9. The molecule has 0 aliphatic rings. The van der Waals surface area contributed by atoms with Crippen molar-refractivity contribution in [1.82, 2.24) is 4.98 Å². The minimum atomic E-state index is -1.09. The van der Waals surface area contributed by atoms with Gasteiger partial charge in [-0.3, -0.25) is 0 Å². The molecular formula is C9H13NO4. The van der Waals surface area contributed by atoms with Crippen LogP contribution in [0.15, 0.2) is 4.42 Å². The molecule has 5 heteroatoms. The number of aromatic nitrogens is 1. The van der Waals surface area contributed by atoms with Crippen LogP contribution in [-0.2, 0) is 11.3 Å². The number of hydrogen-bond acceptors (Lipinski definition) is 4. The van der Waals surface area contributed by atoms with Crippen molar-refractivity contribution in [2.24, 2.45) is 0 Å². The molecule has 1 heterocycles. The third kappa shape index (κ3) is 2.11. The van der Waals surface area contributed by atoms with Crippen molar-refractivity contribution < 1.29 is 19.1 Å². The Morgan fingerprint density at radius 3 is 2.64 bits per heavy atom. The zero-order valence-electron chi connectivity index (χ0n) is 8.40. The second-order valence-corrected chi connectivity index (χ2v) is 3.21. The lowest BCUT2D eigenvalue weighted by atomic mass is 10.1. The fourth-order valence-corrected chi connectivity index (χ4v) is 1.11. The molecule has 1 aromatic rings. The Morgan fingerprint density at radius 2 is 2.29 bits per heavy atom. The molecule has 14 heavy (non-hydrogen) atoms. The fraction of sp³-hybridized carbons (Fsp3) is 0.556. The van der Waals surface area contributed by atoms with Gasteiger partial charge in [0.1, 0.15) is 6.61 Å². The summed E-state index contributed by atoms with van der Waals surface area (Å²) in [6.45, 7) is 3.91. The summed E-state index contributed by atoms with van der Waals surface area (Å²) in [6, 6.07) is 0. The zero-order chi connectivity index (χ0) is 10.7. The van der Waals surface area contributed by atoms with Crippen LogP contribution in [0.1, 0.15) is 41.9 Å². The first kappa shape index (κ1) is 10.7. The van der Waals surface area contributed by atoms with Crippen molar-refractivity contribution in [3.05, 3.63) is 17.3 Å². The van der Waals surface area contributed by atoms with E-state index in [4.69, 9.17) is 14.3 Å². The van der Waals surface area contributed by atoms with Crippen LogP contribution < -0.4 is 0 Å². The van der Waals surface area contributed by atoms with E-state index >= 15 is 0 Å². The summed E-state index contributed by atoms with van der Waals surface area (Å²) in [6.07, 6.45) is 0. The summed E-state index contributed by atoms with van der Waals surface area (Å²) in [5.41, 5.74) is 0.463.